The lowest BCUT2D eigenvalue weighted by molar-refractivity contribution is 0.514. The van der Waals surface area contributed by atoms with E-state index in [1.807, 2.05) is 43.9 Å². The van der Waals surface area contributed by atoms with Crippen molar-refractivity contribution in [1.82, 2.24) is 9.97 Å². The quantitative estimate of drug-likeness (QED) is 0.695. The Labute approximate surface area is 176 Å². The average molecular weight is 399 g/mol. The number of allylic oxidation sites excluding steroid dienone is 1. The number of nitrogens with one attached hydrogen (secondary N) is 1. The van der Waals surface area contributed by atoms with E-state index in [0.717, 1.165) is 42.1 Å². The standard InChI is InChI=1S/C14H13N3.C10H13N3/c1-15-14-7-13-6-10(12-4-5-16-8-12)2-3-11(13)9-17-14;1-2-8-3-4-12-10(5-8)13-6-9(11)7-13/h2-3,5-9H,4H2,1H3,(H,15,17);2-5,9H,1,6-7,11H2. The molecule has 6 nitrogen and oxygen atoms in total. The fraction of sp³-hybridized carbons (Fsp3) is 0.208. The van der Waals surface area contributed by atoms with Gasteiger partial charge in [0.2, 0.25) is 0 Å². The highest BCUT2D eigenvalue weighted by molar-refractivity contribution is 5.90. The Hall–Kier alpha value is -3.51. The van der Waals surface area contributed by atoms with Crippen LogP contribution in [0.15, 0.2) is 66.6 Å². The van der Waals surface area contributed by atoms with E-state index in [0.29, 0.717) is 6.04 Å². The van der Waals surface area contributed by atoms with Gasteiger partial charge in [-0.1, -0.05) is 24.8 Å². The summed E-state index contributed by atoms with van der Waals surface area (Å²) in [6, 6.07) is 12.8. The molecule has 0 spiro atoms. The van der Waals surface area contributed by atoms with E-state index in [2.05, 4.69) is 56.0 Å². The maximum atomic E-state index is 5.69. The zero-order chi connectivity index (χ0) is 20.9. The topological polar surface area (TPSA) is 79.4 Å². The number of aromatic nitrogens is 2. The Kier molecular flexibility index (Phi) is 5.86. The Bertz CT molecular complexity index is 1110. The van der Waals surface area contributed by atoms with Gasteiger partial charge in [-0.3, -0.25) is 4.99 Å². The monoisotopic (exact) mass is 398 g/mol. The van der Waals surface area contributed by atoms with Crippen LogP contribution in [0, 0.1) is 0 Å². The molecule has 1 aromatic carbocycles. The molecule has 0 atom stereocenters. The molecular weight excluding hydrogens is 372 g/mol. The summed E-state index contributed by atoms with van der Waals surface area (Å²) in [5, 5.41) is 5.42. The van der Waals surface area contributed by atoms with Crippen molar-refractivity contribution in [2.45, 2.75) is 12.5 Å². The first-order chi connectivity index (χ1) is 14.7. The van der Waals surface area contributed by atoms with Gasteiger partial charge in [-0.15, -0.1) is 0 Å². The number of nitrogens with two attached hydrogens (primary N) is 1. The van der Waals surface area contributed by atoms with E-state index in [1.165, 1.54) is 16.5 Å². The number of nitrogens with zero attached hydrogens (tertiary/aromatic N) is 4. The first kappa shape index (κ1) is 19.8. The van der Waals surface area contributed by atoms with Crippen LogP contribution in [0.2, 0.25) is 0 Å². The fourth-order valence-corrected chi connectivity index (χ4v) is 3.45. The van der Waals surface area contributed by atoms with Crippen LogP contribution in [0.5, 0.6) is 0 Å². The molecule has 1 fully saturated rings. The van der Waals surface area contributed by atoms with Crippen LogP contribution in [-0.2, 0) is 0 Å². The van der Waals surface area contributed by atoms with Crippen LogP contribution < -0.4 is 16.0 Å². The molecule has 152 valence electrons. The predicted molar refractivity (Wildman–Crippen MR) is 127 cm³/mol. The van der Waals surface area contributed by atoms with Gasteiger partial charge in [0.15, 0.2) is 0 Å². The number of anilines is 2. The van der Waals surface area contributed by atoms with Gasteiger partial charge < -0.3 is 16.0 Å². The lowest BCUT2D eigenvalue weighted by atomic mass is 10.0. The van der Waals surface area contributed by atoms with E-state index in [1.54, 1.807) is 6.20 Å². The Morgan fingerprint density at radius 1 is 1.13 bits per heavy atom. The predicted octanol–water partition coefficient (Wildman–Crippen LogP) is 3.96. The minimum Gasteiger partial charge on any atom is -0.373 e. The smallest absolute Gasteiger partial charge is 0.129 e. The van der Waals surface area contributed by atoms with Gasteiger partial charge >= 0.3 is 0 Å². The molecule has 3 aromatic rings. The summed E-state index contributed by atoms with van der Waals surface area (Å²) in [7, 11) is 1.88. The van der Waals surface area contributed by atoms with E-state index >= 15 is 0 Å². The Balaban J connectivity index is 0.000000151. The zero-order valence-corrected chi connectivity index (χ0v) is 17.1. The summed E-state index contributed by atoms with van der Waals surface area (Å²) in [6.07, 6.45) is 10.3. The van der Waals surface area contributed by atoms with Crippen molar-refractivity contribution in [3.05, 3.63) is 72.7 Å². The van der Waals surface area contributed by atoms with E-state index in [-0.39, 0.29) is 0 Å². The van der Waals surface area contributed by atoms with Crippen LogP contribution >= 0.6 is 0 Å². The average Bonchev–Trinajstić information content (AvgIpc) is 3.31. The lowest BCUT2D eigenvalue weighted by Gasteiger charge is -2.37. The van der Waals surface area contributed by atoms with Gasteiger partial charge in [-0.2, -0.15) is 0 Å². The first-order valence-electron chi connectivity index (χ1n) is 10.0. The van der Waals surface area contributed by atoms with Gasteiger partial charge in [-0.05, 0) is 46.4 Å². The molecule has 1 saturated heterocycles. The highest BCUT2D eigenvalue weighted by Gasteiger charge is 2.23. The molecule has 0 saturated carbocycles. The second-order valence-corrected chi connectivity index (χ2v) is 7.39. The summed E-state index contributed by atoms with van der Waals surface area (Å²) < 4.78 is 0. The molecule has 0 amide bonds. The van der Waals surface area contributed by atoms with Crippen LogP contribution in [-0.4, -0.2) is 42.4 Å². The summed E-state index contributed by atoms with van der Waals surface area (Å²) in [6.45, 7) is 5.54. The number of hydrogen-bond acceptors (Lipinski definition) is 6. The number of rotatable bonds is 4. The maximum absolute atomic E-state index is 5.69. The second kappa shape index (κ2) is 8.88. The Morgan fingerprint density at radius 2 is 2.00 bits per heavy atom. The van der Waals surface area contributed by atoms with Crippen LogP contribution in [0.1, 0.15) is 17.5 Å². The summed E-state index contributed by atoms with van der Waals surface area (Å²) in [4.78, 5) is 14.9. The molecule has 2 aromatic heterocycles. The minimum atomic E-state index is 0.314. The largest absolute Gasteiger partial charge is 0.373 e. The van der Waals surface area contributed by atoms with Crippen LogP contribution in [0.3, 0.4) is 0 Å². The normalized spacial score (nSPS) is 15.3. The van der Waals surface area contributed by atoms with Gasteiger partial charge in [0, 0.05) is 62.8 Å². The van der Waals surface area contributed by atoms with Crippen molar-refractivity contribution in [2.75, 3.05) is 30.4 Å². The van der Waals surface area contributed by atoms with E-state index < -0.39 is 0 Å². The van der Waals surface area contributed by atoms with Crippen molar-refractivity contribution in [3.63, 3.8) is 0 Å². The number of benzene rings is 1. The van der Waals surface area contributed by atoms with Crippen molar-refractivity contribution in [3.8, 4) is 0 Å². The second-order valence-electron chi connectivity index (χ2n) is 7.39. The summed E-state index contributed by atoms with van der Waals surface area (Å²) >= 11 is 0. The highest BCUT2D eigenvalue weighted by Crippen LogP contribution is 2.25. The SMILES string of the molecule is C=Cc1ccnc(N2CC(N)C2)c1.CNc1cc2cc(C3=CN=CC3)ccc2cn1. The zero-order valence-electron chi connectivity index (χ0n) is 17.1. The molecule has 0 bridgehead atoms. The maximum Gasteiger partial charge on any atom is 0.129 e. The summed E-state index contributed by atoms with van der Waals surface area (Å²) in [5.74, 6) is 1.89. The molecule has 5 rings (SSSR count). The fourth-order valence-electron chi connectivity index (χ4n) is 3.45. The van der Waals surface area contributed by atoms with Crippen molar-refractivity contribution in [2.24, 2.45) is 10.7 Å². The van der Waals surface area contributed by atoms with Gasteiger partial charge in [0.25, 0.3) is 0 Å². The lowest BCUT2D eigenvalue weighted by Crippen LogP contribution is -2.56. The number of fused-ring (bicyclic) bond motifs is 1. The van der Waals surface area contributed by atoms with Crippen LogP contribution in [0.25, 0.3) is 22.4 Å². The molecule has 30 heavy (non-hydrogen) atoms. The van der Waals surface area contributed by atoms with Crippen LogP contribution in [0.4, 0.5) is 11.6 Å². The van der Waals surface area contributed by atoms with E-state index in [9.17, 15) is 0 Å². The van der Waals surface area contributed by atoms with Crippen molar-refractivity contribution < 1.29 is 0 Å². The molecule has 0 aliphatic carbocycles. The highest BCUT2D eigenvalue weighted by atomic mass is 15.3. The third-order valence-electron chi connectivity index (χ3n) is 5.23. The molecule has 2 aliphatic heterocycles. The molecule has 0 radical (unpaired) electrons. The molecule has 3 N–H and O–H groups in total. The van der Waals surface area contributed by atoms with Gasteiger partial charge in [0.05, 0.1) is 0 Å². The molecular formula is C24H26N6. The number of pyridine rings is 2. The molecule has 4 heterocycles. The van der Waals surface area contributed by atoms with Gasteiger partial charge in [-0.25, -0.2) is 9.97 Å². The van der Waals surface area contributed by atoms with E-state index in [4.69, 9.17) is 5.73 Å². The number of hydrogen-bond donors (Lipinski definition) is 2. The molecule has 6 heteroatoms. The van der Waals surface area contributed by atoms with Crippen molar-refractivity contribution in [1.29, 1.82) is 0 Å². The minimum absolute atomic E-state index is 0.314. The third-order valence-corrected chi connectivity index (χ3v) is 5.23. The number of aliphatic imine (C=N–C) groups is 1. The summed E-state index contributed by atoms with van der Waals surface area (Å²) in [5.41, 5.74) is 9.30. The van der Waals surface area contributed by atoms with Crippen molar-refractivity contribution >= 4 is 40.3 Å². The molecule has 2 aliphatic rings. The Morgan fingerprint density at radius 3 is 2.70 bits per heavy atom. The molecule has 0 unspecified atom stereocenters. The van der Waals surface area contributed by atoms with Gasteiger partial charge in [0.1, 0.15) is 11.6 Å². The third kappa shape index (κ3) is 4.39. The first-order valence-corrected chi connectivity index (χ1v) is 10.0.